The molecule has 5 heteroatoms. The van der Waals surface area contributed by atoms with Crippen molar-refractivity contribution in [3.8, 4) is 6.07 Å². The Kier molecular flexibility index (Phi) is 5.40. The zero-order valence-electron chi connectivity index (χ0n) is 10.00. The Morgan fingerprint density at radius 1 is 1.56 bits per heavy atom. The normalized spacial score (nSPS) is 14.2. The van der Waals surface area contributed by atoms with E-state index in [9.17, 15) is 0 Å². The quantitative estimate of drug-likeness (QED) is 0.760. The first-order valence-electron chi connectivity index (χ1n) is 5.46. The number of nitriles is 1. The van der Waals surface area contributed by atoms with Crippen LogP contribution < -0.4 is 0 Å². The number of benzene rings is 1. The van der Waals surface area contributed by atoms with E-state index < -0.39 is 11.2 Å². The van der Waals surface area contributed by atoms with E-state index in [1.165, 1.54) is 5.56 Å². The maximum Gasteiger partial charge on any atom is 0.300 e. The summed E-state index contributed by atoms with van der Waals surface area (Å²) in [4.78, 5) is 13.4. The number of hydrogen-bond acceptors (Lipinski definition) is 4. The van der Waals surface area contributed by atoms with Gasteiger partial charge in [-0.05, 0) is 12.0 Å². The average molecular weight is 262 g/mol. The monoisotopic (exact) mass is 262 g/mol. The van der Waals surface area contributed by atoms with Crippen molar-refractivity contribution in [2.45, 2.75) is 18.6 Å². The minimum absolute atomic E-state index is 0.406. The molecule has 1 aliphatic rings. The van der Waals surface area contributed by atoms with E-state index >= 15 is 0 Å². The molecule has 4 nitrogen and oxygen atoms in total. The van der Waals surface area contributed by atoms with Gasteiger partial charge >= 0.3 is 0 Å². The Morgan fingerprint density at radius 2 is 2.17 bits per heavy atom. The third-order valence-electron chi connectivity index (χ3n) is 2.34. The molecule has 1 N–H and O–H groups in total. The van der Waals surface area contributed by atoms with Gasteiger partial charge in [-0.15, -0.1) is 0 Å². The van der Waals surface area contributed by atoms with Crippen molar-refractivity contribution in [1.29, 1.82) is 5.26 Å². The summed E-state index contributed by atoms with van der Waals surface area (Å²) in [5.41, 5.74) is 3.17. The number of carboxylic acids is 1. The Morgan fingerprint density at radius 3 is 2.78 bits per heavy atom. The van der Waals surface area contributed by atoms with Crippen LogP contribution in [0.3, 0.4) is 0 Å². The van der Waals surface area contributed by atoms with Crippen LogP contribution in [0.5, 0.6) is 0 Å². The van der Waals surface area contributed by atoms with Gasteiger partial charge in [0, 0.05) is 19.0 Å². The summed E-state index contributed by atoms with van der Waals surface area (Å²) >= 11 is 4.21. The van der Waals surface area contributed by atoms with E-state index in [1.54, 1.807) is 0 Å². The molecule has 0 bridgehead atoms. The van der Waals surface area contributed by atoms with Gasteiger partial charge < -0.3 is 5.11 Å². The van der Waals surface area contributed by atoms with Crippen LogP contribution in [0.25, 0.3) is 0 Å². The fourth-order valence-corrected chi connectivity index (χ4v) is 1.89. The predicted molar refractivity (Wildman–Crippen MR) is 73.2 cm³/mol. The van der Waals surface area contributed by atoms with E-state index in [-0.39, 0.29) is 0 Å². The SMILES string of the molecule is CC(=O)O.N#CC(S)C1=NCCc2ccccc21. The van der Waals surface area contributed by atoms with Gasteiger partial charge in [-0.2, -0.15) is 17.9 Å². The van der Waals surface area contributed by atoms with Crippen molar-refractivity contribution in [2.24, 2.45) is 4.99 Å². The van der Waals surface area contributed by atoms with Gasteiger partial charge in [-0.3, -0.25) is 9.79 Å². The van der Waals surface area contributed by atoms with Crippen molar-refractivity contribution >= 4 is 24.3 Å². The van der Waals surface area contributed by atoms with Gasteiger partial charge in [-0.25, -0.2) is 0 Å². The third-order valence-corrected chi connectivity index (χ3v) is 2.70. The number of fused-ring (bicyclic) bond motifs is 1. The largest absolute Gasteiger partial charge is 0.481 e. The van der Waals surface area contributed by atoms with E-state index in [2.05, 4.69) is 29.8 Å². The number of nitrogens with zero attached hydrogens (tertiary/aromatic N) is 2. The molecule has 1 aromatic carbocycles. The number of aliphatic carboxylic acids is 1. The lowest BCUT2D eigenvalue weighted by Gasteiger charge is -2.17. The van der Waals surface area contributed by atoms with Crippen LogP contribution in [0, 0.1) is 11.3 Å². The van der Waals surface area contributed by atoms with E-state index in [1.807, 2.05) is 18.2 Å². The molecular formula is C13H14N2O2S. The van der Waals surface area contributed by atoms with Gasteiger partial charge in [0.15, 0.2) is 0 Å². The highest BCUT2D eigenvalue weighted by molar-refractivity contribution is 7.82. The first-order chi connectivity index (χ1) is 8.56. The summed E-state index contributed by atoms with van der Waals surface area (Å²) in [5, 5.41) is 15.8. The standard InChI is InChI=1S/C11H10N2S.C2H4O2/c12-7-10(14)11-9-4-2-1-3-8(9)5-6-13-11;1-2(3)4/h1-4,10,14H,5-6H2;1H3,(H,3,4). The fourth-order valence-electron chi connectivity index (χ4n) is 1.67. The summed E-state index contributed by atoms with van der Waals surface area (Å²) in [7, 11) is 0. The molecule has 2 rings (SSSR count). The Labute approximate surface area is 111 Å². The Hall–Kier alpha value is -1.80. The highest BCUT2D eigenvalue weighted by Gasteiger charge is 2.18. The molecule has 1 aliphatic heterocycles. The lowest BCUT2D eigenvalue weighted by Crippen LogP contribution is -2.20. The van der Waals surface area contributed by atoms with Crippen LogP contribution in [-0.4, -0.2) is 28.6 Å². The second-order valence-electron chi connectivity index (χ2n) is 3.72. The molecule has 0 aromatic heterocycles. The molecule has 0 aliphatic carbocycles. The summed E-state index contributed by atoms with van der Waals surface area (Å²) in [6.07, 6.45) is 0.964. The first-order valence-corrected chi connectivity index (χ1v) is 5.97. The summed E-state index contributed by atoms with van der Waals surface area (Å²) < 4.78 is 0. The number of hydrogen-bond donors (Lipinski definition) is 2. The maximum absolute atomic E-state index is 9.00. The molecule has 0 spiro atoms. The molecule has 1 aromatic rings. The van der Waals surface area contributed by atoms with Gasteiger partial charge in [0.2, 0.25) is 0 Å². The van der Waals surface area contributed by atoms with Gasteiger partial charge in [0.25, 0.3) is 5.97 Å². The molecule has 0 saturated heterocycles. The van der Waals surface area contributed by atoms with E-state index in [0.717, 1.165) is 31.2 Å². The summed E-state index contributed by atoms with van der Waals surface area (Å²) in [6.45, 7) is 1.85. The lowest BCUT2D eigenvalue weighted by molar-refractivity contribution is -0.134. The van der Waals surface area contributed by atoms with Crippen molar-refractivity contribution in [2.75, 3.05) is 6.54 Å². The Balaban J connectivity index is 0.000000357. The van der Waals surface area contributed by atoms with Crippen LogP contribution >= 0.6 is 12.6 Å². The highest BCUT2D eigenvalue weighted by Crippen LogP contribution is 2.19. The van der Waals surface area contributed by atoms with Gasteiger partial charge in [0.1, 0.15) is 5.25 Å². The van der Waals surface area contributed by atoms with Crippen molar-refractivity contribution in [3.05, 3.63) is 35.4 Å². The molecular weight excluding hydrogens is 248 g/mol. The topological polar surface area (TPSA) is 73.4 Å². The Bertz CT molecular complexity index is 502. The predicted octanol–water partition coefficient (Wildman–Crippen LogP) is 1.94. The van der Waals surface area contributed by atoms with Crippen molar-refractivity contribution < 1.29 is 9.90 Å². The first kappa shape index (κ1) is 14.3. The minimum Gasteiger partial charge on any atom is -0.481 e. The molecule has 94 valence electrons. The average Bonchev–Trinajstić information content (AvgIpc) is 2.36. The van der Waals surface area contributed by atoms with Crippen LogP contribution in [0.2, 0.25) is 0 Å². The molecule has 0 fully saturated rings. The lowest BCUT2D eigenvalue weighted by atomic mass is 9.96. The zero-order valence-corrected chi connectivity index (χ0v) is 10.9. The molecule has 0 saturated carbocycles. The van der Waals surface area contributed by atoms with Gasteiger partial charge in [-0.1, -0.05) is 24.3 Å². The van der Waals surface area contributed by atoms with Crippen LogP contribution in [0.4, 0.5) is 0 Å². The van der Waals surface area contributed by atoms with Crippen LogP contribution in [0.15, 0.2) is 29.3 Å². The van der Waals surface area contributed by atoms with Crippen LogP contribution in [-0.2, 0) is 11.2 Å². The van der Waals surface area contributed by atoms with E-state index in [4.69, 9.17) is 15.2 Å². The number of carbonyl (C=O) groups is 1. The van der Waals surface area contributed by atoms with E-state index in [0.29, 0.717) is 0 Å². The number of rotatable bonds is 1. The number of thiol groups is 1. The molecule has 0 radical (unpaired) electrons. The zero-order chi connectivity index (χ0) is 13.5. The second kappa shape index (κ2) is 6.82. The minimum atomic E-state index is -0.833. The summed E-state index contributed by atoms with van der Waals surface area (Å²) in [6, 6.07) is 10.2. The molecule has 1 heterocycles. The molecule has 1 unspecified atom stereocenters. The highest BCUT2D eigenvalue weighted by atomic mass is 32.1. The number of carboxylic acid groups (broad SMARTS) is 1. The second-order valence-corrected chi connectivity index (χ2v) is 4.24. The fraction of sp³-hybridized carbons (Fsp3) is 0.308. The molecule has 1 atom stereocenters. The molecule has 0 amide bonds. The van der Waals surface area contributed by atoms with Crippen molar-refractivity contribution in [3.63, 3.8) is 0 Å². The van der Waals surface area contributed by atoms with Crippen LogP contribution in [0.1, 0.15) is 18.1 Å². The maximum atomic E-state index is 9.00. The number of aliphatic imine (C=N–C) groups is 1. The third kappa shape index (κ3) is 3.90. The van der Waals surface area contributed by atoms with Crippen molar-refractivity contribution in [1.82, 2.24) is 0 Å². The smallest absolute Gasteiger partial charge is 0.300 e. The molecule has 18 heavy (non-hydrogen) atoms. The summed E-state index contributed by atoms with van der Waals surface area (Å²) in [5.74, 6) is -0.833. The van der Waals surface area contributed by atoms with Gasteiger partial charge in [0.05, 0.1) is 11.8 Å².